The van der Waals surface area contributed by atoms with E-state index in [1.54, 1.807) is 37.4 Å². The second-order valence-electron chi connectivity index (χ2n) is 6.30. The highest BCUT2D eigenvalue weighted by Gasteiger charge is 2.16. The van der Waals surface area contributed by atoms with Gasteiger partial charge in [-0.1, -0.05) is 0 Å². The van der Waals surface area contributed by atoms with Crippen LogP contribution in [0.2, 0.25) is 0 Å². The van der Waals surface area contributed by atoms with Gasteiger partial charge in [-0.3, -0.25) is 14.3 Å². The second-order valence-corrected chi connectivity index (χ2v) is 6.30. The van der Waals surface area contributed by atoms with Gasteiger partial charge in [0.05, 0.1) is 17.3 Å². The molecule has 0 aliphatic heterocycles. The standard InChI is InChI=1S/C20H16FN3O4/c1-11-17(24(2)20(26)23-18(11)25)14-4-3-13(9-12(14)10-21)28-19-15-6-8-27-16(15)5-7-22-19/h3-9H,10H2,1-2H3,(H,23,25,26)/i21-1. The number of hydrogen-bond acceptors (Lipinski definition) is 5. The van der Waals surface area contributed by atoms with Crippen molar-refractivity contribution < 1.29 is 13.5 Å². The van der Waals surface area contributed by atoms with Crippen molar-refractivity contribution >= 4 is 11.0 Å². The number of hydrogen-bond donors (Lipinski definition) is 1. The van der Waals surface area contributed by atoms with E-state index in [9.17, 15) is 14.0 Å². The fourth-order valence-electron chi connectivity index (χ4n) is 3.16. The van der Waals surface area contributed by atoms with Crippen LogP contribution in [0, 0.1) is 6.92 Å². The molecule has 3 heterocycles. The van der Waals surface area contributed by atoms with Gasteiger partial charge in [0, 0.05) is 24.4 Å². The van der Waals surface area contributed by atoms with Crippen molar-refractivity contribution in [2.24, 2.45) is 7.05 Å². The molecule has 0 unspecified atom stereocenters. The van der Waals surface area contributed by atoms with Crippen molar-refractivity contribution in [3.63, 3.8) is 0 Å². The summed E-state index contributed by atoms with van der Waals surface area (Å²) >= 11 is 0. The van der Waals surface area contributed by atoms with E-state index in [1.807, 2.05) is 0 Å². The van der Waals surface area contributed by atoms with E-state index >= 15 is 0 Å². The summed E-state index contributed by atoms with van der Waals surface area (Å²) in [5, 5.41) is 0.696. The number of rotatable bonds is 4. The minimum Gasteiger partial charge on any atom is -0.464 e. The highest BCUT2D eigenvalue weighted by Crippen LogP contribution is 2.32. The summed E-state index contributed by atoms with van der Waals surface area (Å²) in [6.45, 7) is 0.792. The van der Waals surface area contributed by atoms with Crippen LogP contribution in [0.5, 0.6) is 11.6 Å². The Morgan fingerprint density at radius 2 is 2.07 bits per heavy atom. The number of nitrogens with one attached hydrogen (secondary N) is 1. The number of ether oxygens (including phenoxy) is 1. The first-order valence-electron chi connectivity index (χ1n) is 8.49. The van der Waals surface area contributed by atoms with Crippen LogP contribution in [0.15, 0.2) is 56.8 Å². The summed E-state index contributed by atoms with van der Waals surface area (Å²) < 4.78 is 26.2. The SMILES string of the molecule is Cc1c(-c2ccc(Oc3nccc4occc34)cc2C[18F])n(C)c(=O)[nH]c1=O. The molecule has 8 heteroatoms. The van der Waals surface area contributed by atoms with Gasteiger partial charge < -0.3 is 9.15 Å². The maximum absolute atomic E-state index is 13.8. The first-order chi connectivity index (χ1) is 13.5. The van der Waals surface area contributed by atoms with Crippen LogP contribution < -0.4 is 16.0 Å². The third-order valence-corrected chi connectivity index (χ3v) is 4.59. The van der Waals surface area contributed by atoms with Gasteiger partial charge in [-0.15, -0.1) is 0 Å². The van der Waals surface area contributed by atoms with Gasteiger partial charge in [0.25, 0.3) is 5.56 Å². The van der Waals surface area contributed by atoms with Crippen molar-refractivity contribution in [3.05, 3.63) is 74.8 Å². The highest BCUT2D eigenvalue weighted by molar-refractivity contribution is 5.82. The Kier molecular flexibility index (Phi) is 4.31. The van der Waals surface area contributed by atoms with Gasteiger partial charge in [-0.25, -0.2) is 14.2 Å². The van der Waals surface area contributed by atoms with E-state index in [0.717, 1.165) is 0 Å². The summed E-state index contributed by atoms with van der Waals surface area (Å²) in [7, 11) is 1.52. The van der Waals surface area contributed by atoms with Crippen LogP contribution in [0.4, 0.5) is 4.39 Å². The lowest BCUT2D eigenvalue weighted by Gasteiger charge is -2.15. The number of pyridine rings is 1. The lowest BCUT2D eigenvalue weighted by atomic mass is 10.0. The van der Waals surface area contributed by atoms with E-state index in [1.165, 1.54) is 23.9 Å². The second kappa shape index (κ2) is 6.80. The quantitative estimate of drug-likeness (QED) is 0.586. The van der Waals surface area contributed by atoms with Gasteiger partial charge in [0.1, 0.15) is 18.0 Å². The Morgan fingerprint density at radius 3 is 2.86 bits per heavy atom. The van der Waals surface area contributed by atoms with Gasteiger partial charge in [-0.2, -0.15) is 0 Å². The zero-order valence-electron chi connectivity index (χ0n) is 15.2. The molecular weight excluding hydrogens is 364 g/mol. The molecule has 7 nitrogen and oxygen atoms in total. The van der Waals surface area contributed by atoms with Crippen molar-refractivity contribution in [3.8, 4) is 22.9 Å². The molecule has 0 spiro atoms. The molecule has 142 valence electrons. The molecule has 4 rings (SSSR count). The first-order valence-corrected chi connectivity index (χ1v) is 8.49. The van der Waals surface area contributed by atoms with E-state index in [4.69, 9.17) is 9.15 Å². The predicted molar refractivity (Wildman–Crippen MR) is 101 cm³/mol. The van der Waals surface area contributed by atoms with Crippen molar-refractivity contribution in [1.82, 2.24) is 14.5 Å². The normalized spacial score (nSPS) is 11.1. The lowest BCUT2D eigenvalue weighted by molar-refractivity contribution is 0.460. The Labute approximate surface area is 158 Å². The van der Waals surface area contributed by atoms with Crippen LogP contribution in [-0.2, 0) is 13.7 Å². The first kappa shape index (κ1) is 17.7. The van der Waals surface area contributed by atoms with Crippen molar-refractivity contribution in [2.75, 3.05) is 0 Å². The highest BCUT2D eigenvalue weighted by atomic mass is 18.2. The molecule has 4 aromatic rings. The van der Waals surface area contributed by atoms with Gasteiger partial charge in [0.15, 0.2) is 0 Å². The number of aromatic amines is 1. The minimum absolute atomic E-state index is 0.292. The van der Waals surface area contributed by atoms with Crippen molar-refractivity contribution in [2.45, 2.75) is 13.6 Å². The summed E-state index contributed by atoms with van der Waals surface area (Å²) in [6, 6.07) is 8.24. The maximum atomic E-state index is 13.8. The average Bonchev–Trinajstić information content (AvgIpc) is 3.17. The third kappa shape index (κ3) is 2.88. The van der Waals surface area contributed by atoms with Crippen LogP contribution in [0.1, 0.15) is 11.1 Å². The van der Waals surface area contributed by atoms with Gasteiger partial charge in [-0.05, 0) is 42.8 Å². The van der Waals surface area contributed by atoms with Gasteiger partial charge in [0.2, 0.25) is 5.88 Å². The molecule has 0 aliphatic carbocycles. The third-order valence-electron chi connectivity index (χ3n) is 4.59. The van der Waals surface area contributed by atoms with Crippen LogP contribution in [-0.4, -0.2) is 14.5 Å². The molecule has 0 saturated heterocycles. The number of nitrogens with zero attached hydrogens (tertiary/aromatic N) is 2. The summed E-state index contributed by atoms with van der Waals surface area (Å²) in [5.74, 6) is 0.716. The maximum Gasteiger partial charge on any atom is 0.328 e. The van der Waals surface area contributed by atoms with E-state index in [0.29, 0.717) is 45.0 Å². The monoisotopic (exact) mass is 380 g/mol. The average molecular weight is 380 g/mol. The summed E-state index contributed by atoms with van der Waals surface area (Å²) in [6.07, 6.45) is 3.09. The fraction of sp³-hybridized carbons (Fsp3) is 0.150. The zero-order chi connectivity index (χ0) is 19.8. The largest absolute Gasteiger partial charge is 0.464 e. The molecule has 0 bridgehead atoms. The summed E-state index contributed by atoms with van der Waals surface area (Å²) in [5.41, 5.74) is 0.999. The number of H-pyrrole nitrogens is 1. The van der Waals surface area contributed by atoms with E-state index < -0.39 is 17.9 Å². The Bertz CT molecular complexity index is 1270. The number of benzene rings is 1. The Morgan fingerprint density at radius 1 is 1.25 bits per heavy atom. The minimum atomic E-state index is -0.795. The molecule has 0 saturated carbocycles. The smallest absolute Gasteiger partial charge is 0.328 e. The van der Waals surface area contributed by atoms with Crippen LogP contribution in [0.25, 0.3) is 22.2 Å². The Balaban J connectivity index is 1.81. The molecule has 0 aliphatic rings. The van der Waals surface area contributed by atoms with Crippen LogP contribution in [0.3, 0.4) is 0 Å². The predicted octanol–water partition coefficient (Wildman–Crippen LogP) is 3.45. The topological polar surface area (TPSA) is 90.1 Å². The number of halogens is 1. The number of aromatic nitrogens is 3. The zero-order valence-corrected chi connectivity index (χ0v) is 15.2. The Hall–Kier alpha value is -3.68. The molecule has 1 aromatic carbocycles. The molecule has 28 heavy (non-hydrogen) atoms. The molecular formula is C20H16FN3O4. The molecule has 0 fully saturated rings. The summed E-state index contributed by atoms with van der Waals surface area (Å²) in [4.78, 5) is 30.4. The van der Waals surface area contributed by atoms with Gasteiger partial charge >= 0.3 is 5.69 Å². The van der Waals surface area contributed by atoms with Crippen LogP contribution >= 0.6 is 0 Å². The molecule has 0 atom stereocenters. The van der Waals surface area contributed by atoms with E-state index in [2.05, 4.69) is 9.97 Å². The molecule has 3 aromatic heterocycles. The van der Waals surface area contributed by atoms with E-state index in [-0.39, 0.29) is 0 Å². The van der Waals surface area contributed by atoms with Crippen molar-refractivity contribution in [1.29, 1.82) is 0 Å². The lowest BCUT2D eigenvalue weighted by Crippen LogP contribution is -2.31. The number of alkyl halides is 1. The fourth-order valence-corrected chi connectivity index (χ4v) is 3.16. The number of furan rings is 1. The molecule has 0 radical (unpaired) electrons. The molecule has 0 amide bonds. The number of fused-ring (bicyclic) bond motifs is 1. The molecule has 1 N–H and O–H groups in total.